The second kappa shape index (κ2) is 7.47. The Hall–Kier alpha value is -1.85. The van der Waals surface area contributed by atoms with Gasteiger partial charge in [0, 0.05) is 13.0 Å². The summed E-state index contributed by atoms with van der Waals surface area (Å²) in [5, 5.41) is 14.8. The van der Waals surface area contributed by atoms with Crippen LogP contribution in [0.5, 0.6) is 0 Å². The maximum atomic E-state index is 11.6. The smallest absolute Gasteiger partial charge is 0.303 e. The monoisotopic (exact) mass is 254 g/mol. The van der Waals surface area contributed by atoms with Gasteiger partial charge in [-0.05, 0) is 19.8 Å². The summed E-state index contributed by atoms with van der Waals surface area (Å²) in [4.78, 5) is 21.9. The number of nitrogens with one attached hydrogen (secondary N) is 1. The molecule has 0 aliphatic rings. The van der Waals surface area contributed by atoms with Crippen molar-refractivity contribution in [2.24, 2.45) is 0 Å². The zero-order chi connectivity index (χ0) is 13.4. The zero-order valence-electron chi connectivity index (χ0n) is 10.4. The van der Waals surface area contributed by atoms with E-state index in [1.807, 2.05) is 0 Å². The number of aryl methyl sites for hydroxylation is 1. The van der Waals surface area contributed by atoms with E-state index in [2.05, 4.69) is 10.5 Å². The molecule has 0 aliphatic heterocycles. The molecule has 2 N–H and O–H groups in total. The zero-order valence-corrected chi connectivity index (χ0v) is 10.4. The molecule has 100 valence electrons. The summed E-state index contributed by atoms with van der Waals surface area (Å²) in [7, 11) is 0. The number of hydrogen-bond acceptors (Lipinski definition) is 4. The number of carboxylic acids is 1. The van der Waals surface area contributed by atoms with Gasteiger partial charge in [-0.25, -0.2) is 0 Å². The van der Waals surface area contributed by atoms with Gasteiger partial charge in [0.1, 0.15) is 11.3 Å². The number of hydrogen-bond donors (Lipinski definition) is 2. The van der Waals surface area contributed by atoms with E-state index in [9.17, 15) is 9.59 Å². The molecule has 1 aromatic rings. The number of unbranched alkanes of at least 4 members (excludes halogenated alkanes) is 3. The molecule has 1 heterocycles. The van der Waals surface area contributed by atoms with Crippen LogP contribution >= 0.6 is 0 Å². The molecule has 0 radical (unpaired) electrons. The van der Waals surface area contributed by atoms with Crippen molar-refractivity contribution in [3.63, 3.8) is 0 Å². The Morgan fingerprint density at radius 1 is 1.33 bits per heavy atom. The fraction of sp³-hybridized carbons (Fsp3) is 0.583. The summed E-state index contributed by atoms with van der Waals surface area (Å²) in [6.07, 6.45) is 4.93. The van der Waals surface area contributed by atoms with E-state index in [1.165, 1.54) is 6.20 Å². The molecule has 0 fully saturated rings. The summed E-state index contributed by atoms with van der Waals surface area (Å²) in [6, 6.07) is 0. The van der Waals surface area contributed by atoms with E-state index >= 15 is 0 Å². The quantitative estimate of drug-likeness (QED) is 0.689. The van der Waals surface area contributed by atoms with E-state index < -0.39 is 5.97 Å². The molecule has 0 spiro atoms. The Balaban J connectivity index is 2.06. The van der Waals surface area contributed by atoms with Crippen LogP contribution < -0.4 is 5.32 Å². The minimum absolute atomic E-state index is 0.181. The predicted molar refractivity (Wildman–Crippen MR) is 64.3 cm³/mol. The van der Waals surface area contributed by atoms with Crippen LogP contribution in [0.1, 0.15) is 48.2 Å². The number of rotatable bonds is 8. The highest BCUT2D eigenvalue weighted by molar-refractivity contribution is 5.94. The molecular weight excluding hydrogens is 236 g/mol. The Bertz CT molecular complexity index is 401. The fourth-order valence-corrected chi connectivity index (χ4v) is 1.57. The van der Waals surface area contributed by atoms with Gasteiger partial charge in [-0.15, -0.1) is 0 Å². The molecule has 0 saturated heterocycles. The maximum absolute atomic E-state index is 11.6. The molecule has 0 saturated carbocycles. The van der Waals surface area contributed by atoms with Crippen LogP contribution in [0.4, 0.5) is 0 Å². The van der Waals surface area contributed by atoms with Crippen LogP contribution in [-0.4, -0.2) is 28.7 Å². The molecule has 1 rings (SSSR count). The average molecular weight is 254 g/mol. The van der Waals surface area contributed by atoms with Crippen molar-refractivity contribution >= 4 is 11.9 Å². The molecular formula is C12H18N2O4. The molecule has 1 aromatic heterocycles. The summed E-state index contributed by atoms with van der Waals surface area (Å²) >= 11 is 0. The van der Waals surface area contributed by atoms with Crippen LogP contribution in [-0.2, 0) is 4.79 Å². The van der Waals surface area contributed by atoms with Gasteiger partial charge in [-0.2, -0.15) is 0 Å². The first-order chi connectivity index (χ1) is 8.61. The van der Waals surface area contributed by atoms with Gasteiger partial charge < -0.3 is 14.9 Å². The van der Waals surface area contributed by atoms with Gasteiger partial charge >= 0.3 is 5.97 Å². The van der Waals surface area contributed by atoms with Gasteiger partial charge in [-0.3, -0.25) is 9.59 Å². The Labute approximate surface area is 105 Å². The largest absolute Gasteiger partial charge is 0.481 e. The number of carbonyl (C=O) groups excluding carboxylic acids is 1. The minimum Gasteiger partial charge on any atom is -0.481 e. The van der Waals surface area contributed by atoms with Crippen LogP contribution in [0.25, 0.3) is 0 Å². The van der Waals surface area contributed by atoms with Gasteiger partial charge in [-0.1, -0.05) is 18.0 Å². The molecule has 6 nitrogen and oxygen atoms in total. The highest BCUT2D eigenvalue weighted by Crippen LogP contribution is 2.06. The van der Waals surface area contributed by atoms with Crippen molar-refractivity contribution in [3.05, 3.63) is 17.5 Å². The lowest BCUT2D eigenvalue weighted by Crippen LogP contribution is -2.24. The minimum atomic E-state index is -0.758. The molecule has 0 aromatic carbocycles. The number of amides is 1. The first-order valence-electron chi connectivity index (χ1n) is 6.02. The normalized spacial score (nSPS) is 10.3. The summed E-state index contributed by atoms with van der Waals surface area (Å²) in [5.74, 6) is -0.431. The van der Waals surface area contributed by atoms with Crippen molar-refractivity contribution in [1.29, 1.82) is 0 Å². The number of nitrogens with zero attached hydrogens (tertiary/aromatic N) is 1. The molecule has 1 amide bonds. The van der Waals surface area contributed by atoms with E-state index in [-0.39, 0.29) is 12.3 Å². The standard InChI is InChI=1S/C12H18N2O4/c1-9-10(8-14-18-9)12(17)13-7-5-3-2-4-6-11(15)16/h8H,2-7H2,1H3,(H,13,17)(H,15,16). The Kier molecular flexibility index (Phi) is 5.90. The van der Waals surface area contributed by atoms with Gasteiger partial charge in [0.25, 0.3) is 5.91 Å². The number of aromatic nitrogens is 1. The van der Waals surface area contributed by atoms with Gasteiger partial charge in [0.2, 0.25) is 0 Å². The van der Waals surface area contributed by atoms with Gasteiger partial charge in [0.15, 0.2) is 0 Å². The van der Waals surface area contributed by atoms with Crippen LogP contribution in [0.15, 0.2) is 10.7 Å². The lowest BCUT2D eigenvalue weighted by atomic mass is 10.1. The van der Waals surface area contributed by atoms with E-state index in [1.54, 1.807) is 6.92 Å². The first-order valence-corrected chi connectivity index (χ1v) is 6.02. The van der Waals surface area contributed by atoms with Crippen molar-refractivity contribution in [3.8, 4) is 0 Å². The van der Waals surface area contributed by atoms with Crippen LogP contribution in [0.3, 0.4) is 0 Å². The third kappa shape index (κ3) is 4.99. The molecule has 6 heteroatoms. The van der Waals surface area contributed by atoms with Crippen LogP contribution in [0, 0.1) is 6.92 Å². The van der Waals surface area contributed by atoms with E-state index in [0.717, 1.165) is 19.3 Å². The van der Waals surface area contributed by atoms with E-state index in [0.29, 0.717) is 24.3 Å². The number of aliphatic carboxylic acids is 1. The lowest BCUT2D eigenvalue weighted by molar-refractivity contribution is -0.137. The SMILES string of the molecule is Cc1oncc1C(=O)NCCCCCCC(=O)O. The number of carbonyl (C=O) groups is 2. The topological polar surface area (TPSA) is 92.4 Å². The molecule has 0 unspecified atom stereocenters. The third-order valence-corrected chi connectivity index (χ3v) is 2.60. The summed E-state index contributed by atoms with van der Waals surface area (Å²) in [6.45, 7) is 2.27. The Morgan fingerprint density at radius 2 is 2.06 bits per heavy atom. The van der Waals surface area contributed by atoms with Crippen molar-refractivity contribution in [2.75, 3.05) is 6.54 Å². The van der Waals surface area contributed by atoms with Crippen LogP contribution in [0.2, 0.25) is 0 Å². The molecule has 0 aliphatic carbocycles. The maximum Gasteiger partial charge on any atom is 0.303 e. The first kappa shape index (κ1) is 14.2. The number of carboxylic acid groups (broad SMARTS) is 1. The predicted octanol–water partition coefficient (Wildman–Crippen LogP) is 1.75. The average Bonchev–Trinajstić information content (AvgIpc) is 2.73. The molecule has 0 atom stereocenters. The molecule has 0 bridgehead atoms. The van der Waals surface area contributed by atoms with Crippen molar-refractivity contribution in [1.82, 2.24) is 10.5 Å². The summed E-state index contributed by atoms with van der Waals surface area (Å²) < 4.78 is 4.80. The fourth-order valence-electron chi connectivity index (χ4n) is 1.57. The second-order valence-electron chi connectivity index (χ2n) is 4.11. The highest BCUT2D eigenvalue weighted by atomic mass is 16.5. The van der Waals surface area contributed by atoms with Gasteiger partial charge in [0.05, 0.1) is 6.20 Å². The van der Waals surface area contributed by atoms with Crippen molar-refractivity contribution in [2.45, 2.75) is 39.0 Å². The lowest BCUT2D eigenvalue weighted by Gasteiger charge is -2.03. The molecule has 18 heavy (non-hydrogen) atoms. The highest BCUT2D eigenvalue weighted by Gasteiger charge is 2.11. The summed E-state index contributed by atoms with van der Waals surface area (Å²) in [5.41, 5.74) is 0.459. The second-order valence-corrected chi connectivity index (χ2v) is 4.11. The third-order valence-electron chi connectivity index (χ3n) is 2.60. The Morgan fingerprint density at radius 3 is 2.67 bits per heavy atom. The van der Waals surface area contributed by atoms with Crippen molar-refractivity contribution < 1.29 is 19.2 Å². The van der Waals surface area contributed by atoms with E-state index in [4.69, 9.17) is 9.63 Å².